The molecule has 1 spiro atoms. The Morgan fingerprint density at radius 2 is 1.82 bits per heavy atom. The molecule has 9 heteroatoms. The average molecular weight is 540 g/mol. The van der Waals surface area contributed by atoms with Crippen molar-refractivity contribution in [2.75, 3.05) is 44.7 Å². The number of fused-ring (bicyclic) bond motifs is 1. The molecule has 1 saturated carbocycles. The van der Waals surface area contributed by atoms with Gasteiger partial charge in [-0.15, -0.1) is 0 Å². The van der Waals surface area contributed by atoms with Gasteiger partial charge in [0, 0.05) is 56.1 Å². The molecule has 4 heterocycles. The second kappa shape index (κ2) is 10.4. The van der Waals surface area contributed by atoms with Crippen molar-refractivity contribution in [3.63, 3.8) is 0 Å². The van der Waals surface area contributed by atoms with Crippen LogP contribution >= 0.6 is 0 Å². The molecule has 1 N–H and O–H groups in total. The summed E-state index contributed by atoms with van der Waals surface area (Å²) in [5.41, 5.74) is 0.990. The Balaban J connectivity index is 1.09. The van der Waals surface area contributed by atoms with E-state index in [1.54, 1.807) is 12.1 Å². The molecule has 4 aliphatic rings. The van der Waals surface area contributed by atoms with E-state index in [0.717, 1.165) is 81.5 Å². The molecule has 1 amide bonds. The highest BCUT2D eigenvalue weighted by atomic mass is 32.2. The van der Waals surface area contributed by atoms with Gasteiger partial charge in [0.05, 0.1) is 10.4 Å². The molecule has 1 aromatic heterocycles. The number of anilines is 1. The van der Waals surface area contributed by atoms with Crippen molar-refractivity contribution in [3.05, 3.63) is 30.3 Å². The van der Waals surface area contributed by atoms with Crippen molar-refractivity contribution >= 4 is 32.7 Å². The molecule has 3 aliphatic heterocycles. The number of aromatic nitrogens is 1. The van der Waals surface area contributed by atoms with Crippen LogP contribution in [0, 0.1) is 5.92 Å². The number of carbonyl (C=O) groups excluding carboxylic acids is 1. The Kier molecular flexibility index (Phi) is 7.12. The molecule has 8 nitrogen and oxygen atoms in total. The van der Waals surface area contributed by atoms with Crippen molar-refractivity contribution in [1.29, 1.82) is 0 Å². The molecule has 38 heavy (non-hydrogen) atoms. The van der Waals surface area contributed by atoms with E-state index in [4.69, 9.17) is 4.98 Å². The molecule has 1 atom stereocenters. The fraction of sp³-hybridized carbons (Fsp3) is 0.655. The van der Waals surface area contributed by atoms with Crippen LogP contribution in [-0.2, 0) is 14.8 Å². The highest BCUT2D eigenvalue weighted by Gasteiger charge is 2.46. The third kappa shape index (κ3) is 5.17. The van der Waals surface area contributed by atoms with Gasteiger partial charge in [-0.1, -0.05) is 12.8 Å². The molecule has 0 radical (unpaired) electrons. The molecule has 2 aromatic rings. The maximum absolute atomic E-state index is 13.3. The first kappa shape index (κ1) is 26.0. The minimum absolute atomic E-state index is 0.0461. The molecule has 3 saturated heterocycles. The summed E-state index contributed by atoms with van der Waals surface area (Å²) in [5.74, 6) is 1.81. The molecule has 4 fully saturated rings. The quantitative estimate of drug-likeness (QED) is 0.602. The van der Waals surface area contributed by atoms with E-state index < -0.39 is 10.0 Å². The lowest BCUT2D eigenvalue weighted by atomic mass is 9.93. The van der Waals surface area contributed by atoms with Crippen LogP contribution in [0.1, 0.15) is 64.2 Å². The van der Waals surface area contributed by atoms with Gasteiger partial charge in [-0.25, -0.2) is 18.1 Å². The third-order valence-corrected chi connectivity index (χ3v) is 11.1. The molecule has 1 unspecified atom stereocenters. The van der Waals surface area contributed by atoms with Crippen LogP contribution < -0.4 is 9.62 Å². The van der Waals surface area contributed by atoms with Crippen LogP contribution in [0.2, 0.25) is 0 Å². The Morgan fingerprint density at radius 1 is 1.03 bits per heavy atom. The number of benzene rings is 1. The van der Waals surface area contributed by atoms with Crippen molar-refractivity contribution in [2.24, 2.45) is 5.92 Å². The van der Waals surface area contributed by atoms with Crippen molar-refractivity contribution in [3.8, 4) is 0 Å². The second-order valence-corrected chi connectivity index (χ2v) is 13.8. The van der Waals surface area contributed by atoms with Gasteiger partial charge in [0.2, 0.25) is 15.9 Å². The van der Waals surface area contributed by atoms with Gasteiger partial charge in [0.1, 0.15) is 5.82 Å². The third-order valence-electron chi connectivity index (χ3n) is 9.58. The van der Waals surface area contributed by atoms with Gasteiger partial charge in [-0.2, -0.15) is 0 Å². The van der Waals surface area contributed by atoms with Gasteiger partial charge < -0.3 is 9.80 Å². The van der Waals surface area contributed by atoms with Gasteiger partial charge in [-0.05, 0) is 88.2 Å². The summed E-state index contributed by atoms with van der Waals surface area (Å²) in [5, 5.41) is 0.839. The number of carbonyl (C=O) groups is 1. The van der Waals surface area contributed by atoms with Crippen molar-refractivity contribution in [2.45, 2.75) is 80.7 Å². The number of nitrogens with zero attached hydrogens (tertiary/aromatic N) is 4. The maximum Gasteiger partial charge on any atom is 0.240 e. The summed E-state index contributed by atoms with van der Waals surface area (Å²) in [6.45, 7) is 4.43. The van der Waals surface area contributed by atoms with E-state index in [-0.39, 0.29) is 11.6 Å². The standard InChI is InChI=1S/C29H41N5O3S/c1-32-21-24(19-29(32)13-3-4-14-29)31-38(36,37)25-8-9-26-23(18-25)7-10-27(30-26)33-16-11-22(12-17-33)20-34-15-5-2-6-28(34)35/h7-10,18,22,24,31H,2-6,11-17,19-21H2,1H3. The zero-order chi connectivity index (χ0) is 26.3. The number of nitrogens with one attached hydrogen (secondary N) is 1. The number of amides is 1. The number of rotatable bonds is 6. The van der Waals surface area contributed by atoms with Gasteiger partial charge in [-0.3, -0.25) is 9.69 Å². The first-order valence-electron chi connectivity index (χ1n) is 14.5. The number of pyridine rings is 1. The lowest BCUT2D eigenvalue weighted by Gasteiger charge is -2.36. The molecule has 1 aromatic carbocycles. The Labute approximate surface area is 226 Å². The average Bonchev–Trinajstić information content (AvgIpc) is 3.51. The van der Waals surface area contributed by atoms with Gasteiger partial charge in [0.15, 0.2) is 0 Å². The summed E-state index contributed by atoms with van der Waals surface area (Å²) in [6, 6.07) is 9.23. The van der Waals surface area contributed by atoms with Crippen LogP contribution in [0.15, 0.2) is 35.2 Å². The summed E-state index contributed by atoms with van der Waals surface area (Å²) in [4.78, 5) is 24.1. The van der Waals surface area contributed by atoms with Gasteiger partial charge >= 0.3 is 0 Å². The number of sulfonamides is 1. The first-order chi connectivity index (χ1) is 18.3. The number of likely N-dealkylation sites (tertiary alicyclic amines) is 2. The number of likely N-dealkylation sites (N-methyl/N-ethyl adjacent to an activating group) is 1. The lowest BCUT2D eigenvalue weighted by molar-refractivity contribution is -0.134. The molecular weight excluding hydrogens is 498 g/mol. The zero-order valence-corrected chi connectivity index (χ0v) is 23.4. The molecule has 6 rings (SSSR count). The largest absolute Gasteiger partial charge is 0.357 e. The highest BCUT2D eigenvalue weighted by molar-refractivity contribution is 7.89. The molecule has 1 aliphatic carbocycles. The van der Waals surface area contributed by atoms with Crippen LogP contribution in [0.25, 0.3) is 10.9 Å². The smallest absolute Gasteiger partial charge is 0.240 e. The van der Waals surface area contributed by atoms with Crippen LogP contribution in [0.4, 0.5) is 5.82 Å². The predicted molar refractivity (Wildman–Crippen MR) is 150 cm³/mol. The molecular formula is C29H41N5O3S. The summed E-state index contributed by atoms with van der Waals surface area (Å²) < 4.78 is 29.5. The van der Waals surface area contributed by atoms with Crippen molar-refractivity contribution < 1.29 is 13.2 Å². The maximum atomic E-state index is 13.3. The van der Waals surface area contributed by atoms with E-state index in [1.165, 1.54) is 25.7 Å². The van der Waals surface area contributed by atoms with Gasteiger partial charge in [0.25, 0.3) is 0 Å². The highest BCUT2D eigenvalue weighted by Crippen LogP contribution is 2.42. The van der Waals surface area contributed by atoms with Crippen LogP contribution in [0.3, 0.4) is 0 Å². The topological polar surface area (TPSA) is 85.8 Å². The van der Waals surface area contributed by atoms with E-state index >= 15 is 0 Å². The van der Waals surface area contributed by atoms with Crippen LogP contribution in [-0.4, -0.2) is 80.5 Å². The fourth-order valence-corrected chi connectivity index (χ4v) is 8.60. The van der Waals surface area contributed by atoms with E-state index in [9.17, 15) is 13.2 Å². The summed E-state index contributed by atoms with van der Waals surface area (Å²) in [7, 11) is -1.46. The summed E-state index contributed by atoms with van der Waals surface area (Å²) >= 11 is 0. The Hall–Kier alpha value is -2.23. The van der Waals surface area contributed by atoms with Crippen LogP contribution in [0.5, 0.6) is 0 Å². The number of piperidine rings is 2. The molecule has 206 valence electrons. The SMILES string of the molecule is CN1CC(NS(=O)(=O)c2ccc3nc(N4CCC(CN5CCCCC5=O)CC4)ccc3c2)CC12CCCC2. The minimum atomic E-state index is -3.60. The van der Waals surface area contributed by atoms with Crippen molar-refractivity contribution in [1.82, 2.24) is 19.5 Å². The number of hydrogen-bond acceptors (Lipinski definition) is 6. The van der Waals surface area contributed by atoms with E-state index in [1.807, 2.05) is 18.2 Å². The zero-order valence-electron chi connectivity index (χ0n) is 22.6. The summed E-state index contributed by atoms with van der Waals surface area (Å²) in [6.07, 6.45) is 10.7. The van der Waals surface area contributed by atoms with E-state index in [2.05, 4.69) is 26.5 Å². The van der Waals surface area contributed by atoms with E-state index in [0.29, 0.717) is 23.1 Å². The second-order valence-electron chi connectivity index (χ2n) is 12.1. The normalized spacial score (nSPS) is 25.2. The first-order valence-corrected chi connectivity index (χ1v) is 16.0. The monoisotopic (exact) mass is 539 g/mol. The minimum Gasteiger partial charge on any atom is -0.357 e. The Bertz CT molecular complexity index is 1280. The number of hydrogen-bond donors (Lipinski definition) is 1. The Morgan fingerprint density at radius 3 is 2.58 bits per heavy atom. The fourth-order valence-electron chi connectivity index (χ4n) is 7.34. The predicted octanol–water partition coefficient (Wildman–Crippen LogP) is 3.76. The molecule has 0 bridgehead atoms. The lowest BCUT2D eigenvalue weighted by Crippen LogP contribution is -2.42.